The van der Waals surface area contributed by atoms with Crippen molar-refractivity contribution >= 4 is 33.7 Å². The molecule has 0 saturated heterocycles. The van der Waals surface area contributed by atoms with E-state index in [4.69, 9.17) is 18.0 Å². The smallest absolute Gasteiger partial charge is 0.466 e. The minimum atomic E-state index is -2.74. The zero-order valence-corrected chi connectivity index (χ0v) is 26.0. The summed E-state index contributed by atoms with van der Waals surface area (Å²) in [4.78, 5) is 40.4. The average molecular weight is 561 g/mol. The van der Waals surface area contributed by atoms with Gasteiger partial charge in [-0.1, -0.05) is 35.4 Å². The number of rotatable bonds is 14. The first-order valence-electron chi connectivity index (χ1n) is 12.7. The molecule has 208 valence electrons. The standard InChI is InChI=1S/C29H41O7PSi/c1-19-15-21(3)26(22(4)16-19)28(31)37(29(32)27-23(5)17-20(2)18-24(27)6)13-11-25(30)36-12-10-14-38(33-7,34-8)35-9/h15-18H,10-14H2,1-9H3. The van der Waals surface area contributed by atoms with Crippen LogP contribution in [-0.2, 0) is 22.8 Å². The van der Waals surface area contributed by atoms with Gasteiger partial charge in [0, 0.05) is 46.4 Å². The Morgan fingerprint density at radius 2 is 1.11 bits per heavy atom. The van der Waals surface area contributed by atoms with Gasteiger partial charge in [-0.3, -0.25) is 14.4 Å². The average Bonchev–Trinajstić information content (AvgIpc) is 2.83. The zero-order chi connectivity index (χ0) is 28.6. The third kappa shape index (κ3) is 7.90. The fourth-order valence-corrected chi connectivity index (χ4v) is 8.84. The molecule has 0 amide bonds. The van der Waals surface area contributed by atoms with Crippen LogP contribution in [0, 0.1) is 41.5 Å². The van der Waals surface area contributed by atoms with E-state index < -0.39 is 22.7 Å². The zero-order valence-electron chi connectivity index (χ0n) is 24.1. The highest BCUT2D eigenvalue weighted by molar-refractivity contribution is 7.90. The maximum Gasteiger partial charge on any atom is 0.500 e. The van der Waals surface area contributed by atoms with E-state index in [1.807, 2.05) is 65.8 Å². The molecule has 0 aliphatic carbocycles. The van der Waals surface area contributed by atoms with Crippen LogP contribution in [0.4, 0.5) is 0 Å². The van der Waals surface area contributed by atoms with Gasteiger partial charge in [0.2, 0.25) is 0 Å². The van der Waals surface area contributed by atoms with E-state index in [1.54, 1.807) is 0 Å². The summed E-state index contributed by atoms with van der Waals surface area (Å²) in [6.45, 7) is 11.7. The molecule has 2 rings (SSSR count). The van der Waals surface area contributed by atoms with Crippen molar-refractivity contribution in [3.63, 3.8) is 0 Å². The molecule has 0 saturated carbocycles. The number of esters is 1. The second kappa shape index (κ2) is 14.2. The van der Waals surface area contributed by atoms with Gasteiger partial charge in [0.15, 0.2) is 11.0 Å². The topological polar surface area (TPSA) is 88.1 Å². The first-order valence-corrected chi connectivity index (χ1v) is 16.2. The molecule has 0 fully saturated rings. The number of carbonyl (C=O) groups excluding carboxylic acids is 3. The van der Waals surface area contributed by atoms with E-state index in [2.05, 4.69) is 0 Å². The Kier molecular flexibility index (Phi) is 12.0. The molecule has 9 heteroatoms. The largest absolute Gasteiger partial charge is 0.500 e. The molecular formula is C29H41O7PSi. The first kappa shape index (κ1) is 32.0. The van der Waals surface area contributed by atoms with Gasteiger partial charge in [0.1, 0.15) is 0 Å². The van der Waals surface area contributed by atoms with Crippen molar-refractivity contribution in [3.8, 4) is 0 Å². The maximum atomic E-state index is 13.9. The van der Waals surface area contributed by atoms with E-state index in [0.29, 0.717) is 23.6 Å². The Labute approximate surface area is 229 Å². The van der Waals surface area contributed by atoms with Crippen LogP contribution in [0.3, 0.4) is 0 Å². The predicted octanol–water partition coefficient (Wildman–Crippen LogP) is 6.20. The molecule has 38 heavy (non-hydrogen) atoms. The number of benzene rings is 2. The molecule has 0 spiro atoms. The highest BCUT2D eigenvalue weighted by Crippen LogP contribution is 2.46. The van der Waals surface area contributed by atoms with Crippen molar-refractivity contribution in [3.05, 3.63) is 68.8 Å². The van der Waals surface area contributed by atoms with Gasteiger partial charge in [0.05, 0.1) is 13.0 Å². The van der Waals surface area contributed by atoms with Crippen LogP contribution in [0.2, 0.25) is 6.04 Å². The molecule has 0 heterocycles. The van der Waals surface area contributed by atoms with Gasteiger partial charge < -0.3 is 18.0 Å². The summed E-state index contributed by atoms with van der Waals surface area (Å²) in [5.74, 6) is -0.438. The Balaban J connectivity index is 2.24. The van der Waals surface area contributed by atoms with Crippen LogP contribution in [-0.4, -0.2) is 59.9 Å². The SMILES string of the molecule is CO[Si](CCCOC(=O)CCP(C(=O)c1c(C)cc(C)cc1C)C(=O)c1c(C)cc(C)cc1C)(OC)OC. The van der Waals surface area contributed by atoms with Crippen LogP contribution in [0.25, 0.3) is 0 Å². The molecular weight excluding hydrogens is 519 g/mol. The summed E-state index contributed by atoms with van der Waals surface area (Å²) in [5.41, 5.74) is 6.25. The fraction of sp³-hybridized carbons (Fsp3) is 0.483. The van der Waals surface area contributed by atoms with E-state index in [0.717, 1.165) is 33.4 Å². The van der Waals surface area contributed by atoms with E-state index in [9.17, 15) is 14.4 Å². The normalized spacial score (nSPS) is 11.6. The monoisotopic (exact) mass is 560 g/mol. The van der Waals surface area contributed by atoms with Gasteiger partial charge in [-0.05, 0) is 76.4 Å². The number of aryl methyl sites for hydroxylation is 6. The lowest BCUT2D eigenvalue weighted by molar-refractivity contribution is -0.143. The number of carbonyl (C=O) groups is 3. The molecule has 0 N–H and O–H groups in total. The Hall–Kier alpha value is -2.22. The molecule has 0 aliphatic heterocycles. The second-order valence-corrected chi connectivity index (χ2v) is 14.9. The third-order valence-corrected chi connectivity index (χ3v) is 11.6. The highest BCUT2D eigenvalue weighted by Gasteiger charge is 2.37. The third-order valence-electron chi connectivity index (χ3n) is 6.63. The number of hydrogen-bond donors (Lipinski definition) is 0. The molecule has 0 radical (unpaired) electrons. The lowest BCUT2D eigenvalue weighted by atomic mass is 10.0. The maximum absolute atomic E-state index is 13.9. The van der Waals surface area contributed by atoms with Crippen molar-refractivity contribution in [2.24, 2.45) is 0 Å². The summed E-state index contributed by atoms with van der Waals surface area (Å²) < 4.78 is 21.6. The predicted molar refractivity (Wildman–Crippen MR) is 154 cm³/mol. The summed E-state index contributed by atoms with van der Waals surface area (Å²) in [6.07, 6.45) is 0.639. The minimum absolute atomic E-state index is 0.0154. The first-order chi connectivity index (χ1) is 17.9. The van der Waals surface area contributed by atoms with Crippen molar-refractivity contribution < 1.29 is 32.4 Å². The van der Waals surface area contributed by atoms with Crippen LogP contribution in [0.5, 0.6) is 0 Å². The van der Waals surface area contributed by atoms with E-state index in [-0.39, 0.29) is 30.2 Å². The Morgan fingerprint density at radius 1 is 0.711 bits per heavy atom. The fourth-order valence-electron chi connectivity index (χ4n) is 4.91. The van der Waals surface area contributed by atoms with Crippen molar-refractivity contribution in [1.29, 1.82) is 0 Å². The summed E-state index contributed by atoms with van der Waals surface area (Å²) in [7, 11) is 0.0477. The summed E-state index contributed by atoms with van der Waals surface area (Å²) in [5, 5.41) is 0. The van der Waals surface area contributed by atoms with Crippen LogP contribution in [0.15, 0.2) is 24.3 Å². The van der Waals surface area contributed by atoms with Crippen molar-refractivity contribution in [2.45, 2.75) is 60.4 Å². The molecule has 0 aromatic heterocycles. The lowest BCUT2D eigenvalue weighted by Gasteiger charge is -2.24. The van der Waals surface area contributed by atoms with Crippen molar-refractivity contribution in [2.75, 3.05) is 34.1 Å². The van der Waals surface area contributed by atoms with Crippen LogP contribution in [0.1, 0.15) is 66.9 Å². The quantitative estimate of drug-likeness (QED) is 0.118. The van der Waals surface area contributed by atoms with Gasteiger partial charge in [-0.25, -0.2) is 0 Å². The second-order valence-electron chi connectivity index (χ2n) is 9.68. The van der Waals surface area contributed by atoms with Crippen LogP contribution >= 0.6 is 7.92 Å². The van der Waals surface area contributed by atoms with Gasteiger partial charge in [-0.2, -0.15) is 0 Å². The molecule has 2 aromatic rings. The Bertz CT molecular complexity index is 1050. The van der Waals surface area contributed by atoms with E-state index >= 15 is 0 Å². The lowest BCUT2D eigenvalue weighted by Crippen LogP contribution is -2.42. The summed E-state index contributed by atoms with van der Waals surface area (Å²) in [6, 6.07) is 8.33. The highest BCUT2D eigenvalue weighted by atomic mass is 31.1. The minimum Gasteiger partial charge on any atom is -0.466 e. The molecule has 0 bridgehead atoms. The summed E-state index contributed by atoms with van der Waals surface area (Å²) >= 11 is 0. The van der Waals surface area contributed by atoms with Gasteiger partial charge >= 0.3 is 14.8 Å². The molecule has 0 unspecified atom stereocenters. The Morgan fingerprint density at radius 3 is 1.47 bits per heavy atom. The number of hydrogen-bond acceptors (Lipinski definition) is 7. The van der Waals surface area contributed by atoms with E-state index in [1.165, 1.54) is 21.3 Å². The molecule has 0 aliphatic rings. The molecule has 0 atom stereocenters. The number of ether oxygens (including phenoxy) is 1. The van der Waals surface area contributed by atoms with Crippen LogP contribution < -0.4 is 0 Å². The van der Waals surface area contributed by atoms with Crippen molar-refractivity contribution in [1.82, 2.24) is 0 Å². The molecule has 7 nitrogen and oxygen atoms in total. The van der Waals surface area contributed by atoms with Gasteiger partial charge in [-0.15, -0.1) is 0 Å². The van der Waals surface area contributed by atoms with Gasteiger partial charge in [0.25, 0.3) is 0 Å². The molecule has 2 aromatic carbocycles.